The molecule has 0 saturated heterocycles. The predicted octanol–water partition coefficient (Wildman–Crippen LogP) is 2.01. The highest BCUT2D eigenvalue weighted by molar-refractivity contribution is 9.10. The maximum absolute atomic E-state index is 11.2. The van der Waals surface area contributed by atoms with Crippen molar-refractivity contribution >= 4 is 27.6 Å². The lowest BCUT2D eigenvalue weighted by atomic mass is 10.2. The average Bonchev–Trinajstić information content (AvgIpc) is 2.35. The summed E-state index contributed by atoms with van der Waals surface area (Å²) in [5.74, 6) is -0.378. The molecule has 1 rings (SSSR count). The van der Waals surface area contributed by atoms with E-state index in [9.17, 15) is 14.9 Å². The Balaban J connectivity index is 2.77. The molecular weight excluding hydrogens is 304 g/mol. The van der Waals surface area contributed by atoms with Gasteiger partial charge in [0.25, 0.3) is 5.69 Å². The molecule has 6 nitrogen and oxygen atoms in total. The Hall–Kier alpha value is -1.47. The number of nitrogens with zero attached hydrogens (tertiary/aromatic N) is 1. The number of hydrogen-bond acceptors (Lipinski definition) is 5. The fourth-order valence-corrected chi connectivity index (χ4v) is 1.92. The van der Waals surface area contributed by atoms with Gasteiger partial charge in [0, 0.05) is 12.6 Å². The van der Waals surface area contributed by atoms with Crippen molar-refractivity contribution in [3.8, 4) is 0 Å². The van der Waals surface area contributed by atoms with E-state index >= 15 is 0 Å². The first-order chi connectivity index (χ1) is 8.47. The molecule has 7 heteroatoms. The number of rotatable bonds is 5. The molecule has 1 aromatic carbocycles. The average molecular weight is 317 g/mol. The van der Waals surface area contributed by atoms with Gasteiger partial charge in [0.05, 0.1) is 16.5 Å². The van der Waals surface area contributed by atoms with Crippen LogP contribution in [0, 0.1) is 10.1 Å². The van der Waals surface area contributed by atoms with Gasteiger partial charge in [0.15, 0.2) is 0 Å². The Labute approximate surface area is 113 Å². The quantitative estimate of drug-likeness (QED) is 0.510. The molecule has 0 aliphatic carbocycles. The van der Waals surface area contributed by atoms with Crippen LogP contribution in [0.1, 0.15) is 12.5 Å². The summed E-state index contributed by atoms with van der Waals surface area (Å²) in [7, 11) is 1.31. The van der Waals surface area contributed by atoms with Crippen molar-refractivity contribution in [2.24, 2.45) is 0 Å². The monoisotopic (exact) mass is 316 g/mol. The fourth-order valence-electron chi connectivity index (χ4n) is 1.37. The van der Waals surface area contributed by atoms with Gasteiger partial charge in [-0.3, -0.25) is 14.9 Å². The number of nitro benzene ring substituents is 1. The molecule has 0 heterocycles. The summed E-state index contributed by atoms with van der Waals surface area (Å²) in [4.78, 5) is 21.5. The maximum atomic E-state index is 11.2. The molecular formula is C11H13BrN2O4. The van der Waals surface area contributed by atoms with Crippen LogP contribution in [-0.2, 0) is 16.1 Å². The summed E-state index contributed by atoms with van der Waals surface area (Å²) >= 11 is 3.19. The van der Waals surface area contributed by atoms with Crippen molar-refractivity contribution in [1.82, 2.24) is 5.32 Å². The third-order valence-corrected chi connectivity index (χ3v) is 3.32. The van der Waals surface area contributed by atoms with Gasteiger partial charge in [-0.05, 0) is 28.4 Å². The number of hydrogen-bond donors (Lipinski definition) is 1. The zero-order valence-electron chi connectivity index (χ0n) is 9.97. The summed E-state index contributed by atoms with van der Waals surface area (Å²) in [5.41, 5.74) is 0.708. The van der Waals surface area contributed by atoms with Gasteiger partial charge in [-0.1, -0.05) is 12.1 Å². The van der Waals surface area contributed by atoms with Crippen LogP contribution in [0.15, 0.2) is 22.7 Å². The van der Waals surface area contributed by atoms with Crippen molar-refractivity contribution in [2.75, 3.05) is 7.11 Å². The van der Waals surface area contributed by atoms with Crippen LogP contribution in [0.25, 0.3) is 0 Å². The van der Waals surface area contributed by atoms with Crippen molar-refractivity contribution in [3.63, 3.8) is 0 Å². The Kier molecular flexibility index (Phi) is 5.24. The summed E-state index contributed by atoms with van der Waals surface area (Å²) in [6.45, 7) is 2.00. The van der Waals surface area contributed by atoms with Crippen LogP contribution in [-0.4, -0.2) is 24.0 Å². The Morgan fingerprint density at radius 1 is 1.61 bits per heavy atom. The zero-order chi connectivity index (χ0) is 13.7. The van der Waals surface area contributed by atoms with Gasteiger partial charge < -0.3 is 10.1 Å². The van der Waals surface area contributed by atoms with Crippen LogP contribution in [0.5, 0.6) is 0 Å². The Bertz CT molecular complexity index is 464. The number of benzene rings is 1. The Morgan fingerprint density at radius 3 is 2.83 bits per heavy atom. The highest BCUT2D eigenvalue weighted by Crippen LogP contribution is 2.28. The van der Waals surface area contributed by atoms with Gasteiger partial charge in [-0.25, -0.2) is 0 Å². The number of ether oxygens (including phenoxy) is 1. The third-order valence-electron chi connectivity index (χ3n) is 2.41. The normalized spacial score (nSPS) is 11.9. The molecule has 0 aliphatic rings. The van der Waals surface area contributed by atoms with E-state index in [0.717, 1.165) is 0 Å². The molecule has 0 aromatic heterocycles. The molecule has 1 atom stereocenters. The molecule has 0 amide bonds. The molecule has 1 aromatic rings. The minimum Gasteiger partial charge on any atom is -0.468 e. The van der Waals surface area contributed by atoms with E-state index in [4.69, 9.17) is 0 Å². The van der Waals surface area contributed by atoms with Crippen LogP contribution in [0.4, 0.5) is 5.69 Å². The molecule has 0 spiro atoms. The van der Waals surface area contributed by atoms with Gasteiger partial charge in [-0.2, -0.15) is 0 Å². The molecule has 1 N–H and O–H groups in total. The van der Waals surface area contributed by atoms with Crippen LogP contribution >= 0.6 is 15.9 Å². The minimum atomic E-state index is -0.471. The zero-order valence-corrected chi connectivity index (χ0v) is 11.6. The van der Waals surface area contributed by atoms with Crippen LogP contribution in [0.2, 0.25) is 0 Å². The lowest BCUT2D eigenvalue weighted by molar-refractivity contribution is -0.385. The van der Waals surface area contributed by atoms with Gasteiger partial charge in [0.2, 0.25) is 0 Å². The van der Waals surface area contributed by atoms with E-state index in [-0.39, 0.29) is 11.7 Å². The first-order valence-corrected chi connectivity index (χ1v) is 5.99. The number of halogens is 1. The number of nitro groups is 1. The van der Waals surface area contributed by atoms with Crippen LogP contribution in [0.3, 0.4) is 0 Å². The molecule has 1 unspecified atom stereocenters. The second-order valence-corrected chi connectivity index (χ2v) is 4.43. The lowest BCUT2D eigenvalue weighted by Crippen LogP contribution is -2.34. The highest BCUT2D eigenvalue weighted by Gasteiger charge is 2.17. The van der Waals surface area contributed by atoms with Gasteiger partial charge in [-0.15, -0.1) is 0 Å². The van der Waals surface area contributed by atoms with E-state index in [1.54, 1.807) is 19.1 Å². The smallest absolute Gasteiger partial charge is 0.322 e. The number of methoxy groups -OCH3 is 1. The molecule has 18 heavy (non-hydrogen) atoms. The van der Waals surface area contributed by atoms with Crippen molar-refractivity contribution in [3.05, 3.63) is 38.3 Å². The van der Waals surface area contributed by atoms with Crippen molar-refractivity contribution < 1.29 is 14.5 Å². The SMILES string of the molecule is COC(=O)C(C)NCc1cccc([N+](=O)[O-])c1Br. The standard InChI is InChI=1S/C11H13BrN2O4/c1-7(11(15)18-2)13-6-8-4-3-5-9(10(8)12)14(16)17/h3-5,7,13H,6H2,1-2H3. The highest BCUT2D eigenvalue weighted by atomic mass is 79.9. The minimum absolute atomic E-state index is 0.0000196. The number of carbonyl (C=O) groups is 1. The summed E-state index contributed by atoms with van der Waals surface area (Å²) in [6, 6.07) is 4.29. The van der Waals surface area contributed by atoms with E-state index in [2.05, 4.69) is 26.0 Å². The van der Waals surface area contributed by atoms with E-state index in [1.165, 1.54) is 13.2 Å². The molecule has 0 aliphatic heterocycles. The van der Waals surface area contributed by atoms with E-state index in [1.807, 2.05) is 0 Å². The molecule has 98 valence electrons. The van der Waals surface area contributed by atoms with Crippen LogP contribution < -0.4 is 5.32 Å². The number of nitrogens with one attached hydrogen (secondary N) is 1. The molecule has 0 radical (unpaired) electrons. The Morgan fingerprint density at radius 2 is 2.28 bits per heavy atom. The summed E-state index contributed by atoms with van der Waals surface area (Å²) < 4.78 is 4.99. The lowest BCUT2D eigenvalue weighted by Gasteiger charge is -2.12. The molecule has 0 bridgehead atoms. The summed E-state index contributed by atoms with van der Waals surface area (Å²) in [6.07, 6.45) is 0. The topological polar surface area (TPSA) is 81.5 Å². The number of esters is 1. The number of carbonyl (C=O) groups excluding carboxylic acids is 1. The predicted molar refractivity (Wildman–Crippen MR) is 69.1 cm³/mol. The van der Waals surface area contributed by atoms with Gasteiger partial charge >= 0.3 is 5.97 Å². The van der Waals surface area contributed by atoms with E-state index in [0.29, 0.717) is 16.6 Å². The second-order valence-electron chi connectivity index (χ2n) is 3.63. The first-order valence-electron chi connectivity index (χ1n) is 5.20. The maximum Gasteiger partial charge on any atom is 0.322 e. The van der Waals surface area contributed by atoms with Gasteiger partial charge in [0.1, 0.15) is 6.04 Å². The molecule has 0 saturated carbocycles. The largest absolute Gasteiger partial charge is 0.468 e. The summed E-state index contributed by atoms with van der Waals surface area (Å²) in [5, 5.41) is 13.7. The van der Waals surface area contributed by atoms with Crippen molar-refractivity contribution in [2.45, 2.75) is 19.5 Å². The third kappa shape index (κ3) is 3.51. The van der Waals surface area contributed by atoms with Crippen molar-refractivity contribution in [1.29, 1.82) is 0 Å². The van der Waals surface area contributed by atoms with E-state index < -0.39 is 11.0 Å². The second kappa shape index (κ2) is 6.46. The fraction of sp³-hybridized carbons (Fsp3) is 0.364. The molecule has 0 fully saturated rings. The first kappa shape index (κ1) is 14.6.